The monoisotopic (exact) mass is 472 g/mol. The fourth-order valence-electron chi connectivity index (χ4n) is 2.55. The van der Waals surface area contributed by atoms with Gasteiger partial charge in [0, 0.05) is 0 Å². The highest BCUT2D eigenvalue weighted by molar-refractivity contribution is 6.37. The number of halogens is 8. The van der Waals surface area contributed by atoms with Crippen LogP contribution in [0.2, 0.25) is 10.0 Å². The summed E-state index contributed by atoms with van der Waals surface area (Å²) < 4.78 is 78.6. The number of benzene rings is 2. The molecule has 0 radical (unpaired) electrons. The van der Waals surface area contributed by atoms with E-state index in [1.807, 2.05) is 0 Å². The Labute approximate surface area is 173 Å². The molecule has 0 atom stereocenters. The van der Waals surface area contributed by atoms with Crippen molar-refractivity contribution >= 4 is 46.3 Å². The maximum Gasteiger partial charge on any atom is 0.417 e. The van der Waals surface area contributed by atoms with Crippen molar-refractivity contribution < 1.29 is 46.1 Å². The zero-order valence-corrected chi connectivity index (χ0v) is 15.7. The van der Waals surface area contributed by atoms with Gasteiger partial charge in [-0.25, -0.2) is 9.59 Å². The summed E-state index contributed by atoms with van der Waals surface area (Å²) >= 11 is 10.9. The van der Waals surface area contributed by atoms with Crippen LogP contribution in [0.15, 0.2) is 36.4 Å². The molecule has 0 aromatic heterocycles. The van der Waals surface area contributed by atoms with Gasteiger partial charge >= 0.3 is 24.3 Å². The molecule has 2 rings (SSSR count). The quantitative estimate of drug-likeness (QED) is 0.319. The van der Waals surface area contributed by atoms with Gasteiger partial charge in [-0.1, -0.05) is 35.3 Å². The van der Waals surface area contributed by atoms with E-state index < -0.39 is 67.7 Å². The predicted molar refractivity (Wildman–Crippen MR) is 95.0 cm³/mol. The molecule has 0 heterocycles. The minimum Gasteiger partial charge on any atom is -0.478 e. The highest BCUT2D eigenvalue weighted by atomic mass is 35.5. The molecule has 0 aliphatic rings. The lowest BCUT2D eigenvalue weighted by molar-refractivity contribution is -0.138. The first-order valence-corrected chi connectivity index (χ1v) is 8.35. The van der Waals surface area contributed by atoms with Gasteiger partial charge < -0.3 is 10.2 Å². The molecule has 2 aromatic carbocycles. The largest absolute Gasteiger partial charge is 0.478 e. The second-order valence-electron chi connectivity index (χ2n) is 5.75. The van der Waals surface area contributed by atoms with E-state index in [4.69, 9.17) is 23.2 Å². The predicted octanol–water partition coefficient (Wildman–Crippen LogP) is 6.11. The SMILES string of the molecule is O=C(O)/C(=C(/C(=O)O)c1ccc(Cl)c(C(F)(F)F)c1)c1ccc(Cl)c(C(F)(F)F)c1. The van der Waals surface area contributed by atoms with Crippen LogP contribution in [0.1, 0.15) is 22.3 Å². The van der Waals surface area contributed by atoms with Crippen molar-refractivity contribution in [1.29, 1.82) is 0 Å². The number of hydrogen-bond donors (Lipinski definition) is 2. The molecule has 160 valence electrons. The summed E-state index contributed by atoms with van der Waals surface area (Å²) in [5, 5.41) is 17.4. The van der Waals surface area contributed by atoms with Crippen molar-refractivity contribution in [2.45, 2.75) is 12.4 Å². The molecular formula is C18H8Cl2F6O4. The molecule has 0 amide bonds. The van der Waals surface area contributed by atoms with Crippen LogP contribution in [-0.4, -0.2) is 22.2 Å². The van der Waals surface area contributed by atoms with Gasteiger partial charge in [-0.15, -0.1) is 0 Å². The zero-order valence-electron chi connectivity index (χ0n) is 14.2. The first-order valence-electron chi connectivity index (χ1n) is 7.59. The van der Waals surface area contributed by atoms with Gasteiger partial charge in [0.2, 0.25) is 0 Å². The highest BCUT2D eigenvalue weighted by Gasteiger charge is 2.36. The molecule has 0 bridgehead atoms. The first kappa shape index (κ1) is 23.6. The first-order chi connectivity index (χ1) is 13.6. The van der Waals surface area contributed by atoms with Crippen LogP contribution in [0, 0.1) is 0 Å². The molecule has 0 unspecified atom stereocenters. The van der Waals surface area contributed by atoms with Gasteiger partial charge in [0.25, 0.3) is 0 Å². The van der Waals surface area contributed by atoms with Crippen LogP contribution in [0.4, 0.5) is 26.3 Å². The minimum absolute atomic E-state index is 0.301. The highest BCUT2D eigenvalue weighted by Crippen LogP contribution is 2.40. The van der Waals surface area contributed by atoms with Crippen molar-refractivity contribution in [3.05, 3.63) is 68.7 Å². The second-order valence-corrected chi connectivity index (χ2v) is 6.56. The molecule has 12 heteroatoms. The molecule has 0 aliphatic carbocycles. The smallest absolute Gasteiger partial charge is 0.417 e. The van der Waals surface area contributed by atoms with Gasteiger partial charge in [0.15, 0.2) is 0 Å². The summed E-state index contributed by atoms with van der Waals surface area (Å²) in [4.78, 5) is 23.5. The topological polar surface area (TPSA) is 74.6 Å². The molecule has 0 saturated heterocycles. The summed E-state index contributed by atoms with van der Waals surface area (Å²) in [5.41, 5.74) is -6.67. The maximum atomic E-state index is 13.1. The van der Waals surface area contributed by atoms with Gasteiger partial charge in [-0.2, -0.15) is 26.3 Å². The molecular weight excluding hydrogens is 465 g/mol. The fourth-order valence-corrected chi connectivity index (χ4v) is 2.99. The Bertz CT molecular complexity index is 974. The molecule has 30 heavy (non-hydrogen) atoms. The van der Waals surface area contributed by atoms with Crippen LogP contribution in [0.3, 0.4) is 0 Å². The van der Waals surface area contributed by atoms with Crippen LogP contribution in [-0.2, 0) is 21.9 Å². The Morgan fingerprint density at radius 2 is 0.967 bits per heavy atom. The lowest BCUT2D eigenvalue weighted by Gasteiger charge is -2.15. The molecule has 0 aliphatic heterocycles. The van der Waals surface area contributed by atoms with Crippen LogP contribution >= 0.6 is 23.2 Å². The Morgan fingerprint density at radius 1 is 0.667 bits per heavy atom. The third kappa shape index (κ3) is 4.88. The third-order valence-electron chi connectivity index (χ3n) is 3.80. The molecule has 2 N–H and O–H groups in total. The normalized spacial score (nSPS) is 13.1. The van der Waals surface area contributed by atoms with Crippen LogP contribution in [0.5, 0.6) is 0 Å². The van der Waals surface area contributed by atoms with Crippen LogP contribution in [0.25, 0.3) is 11.1 Å². The number of rotatable bonds is 4. The Balaban J connectivity index is 2.89. The van der Waals surface area contributed by atoms with Gasteiger partial charge in [0.05, 0.1) is 32.3 Å². The minimum atomic E-state index is -5.00. The van der Waals surface area contributed by atoms with E-state index in [0.29, 0.717) is 24.3 Å². The van der Waals surface area contributed by atoms with E-state index in [-0.39, 0.29) is 0 Å². The van der Waals surface area contributed by atoms with Crippen molar-refractivity contribution in [2.75, 3.05) is 0 Å². The van der Waals surface area contributed by atoms with Gasteiger partial charge in [-0.3, -0.25) is 0 Å². The number of carbonyl (C=O) groups is 2. The van der Waals surface area contributed by atoms with E-state index >= 15 is 0 Å². The molecule has 4 nitrogen and oxygen atoms in total. The summed E-state index contributed by atoms with van der Waals surface area (Å²) in [5.74, 6) is -3.96. The Hall–Kier alpha value is -2.72. The number of hydrogen-bond acceptors (Lipinski definition) is 2. The van der Waals surface area contributed by atoms with E-state index in [1.165, 1.54) is 0 Å². The number of carboxylic acids is 2. The summed E-state index contributed by atoms with van der Waals surface area (Å²) in [6, 6.07) is 3.62. The van der Waals surface area contributed by atoms with Gasteiger partial charge in [0.1, 0.15) is 0 Å². The third-order valence-corrected chi connectivity index (χ3v) is 4.46. The van der Waals surface area contributed by atoms with E-state index in [0.717, 1.165) is 12.1 Å². The van der Waals surface area contributed by atoms with Crippen molar-refractivity contribution in [3.63, 3.8) is 0 Å². The average molecular weight is 473 g/mol. The Morgan fingerprint density at radius 3 is 1.20 bits per heavy atom. The molecule has 0 spiro atoms. The van der Waals surface area contributed by atoms with E-state index in [1.54, 1.807) is 0 Å². The standard InChI is InChI=1S/C18H8Cl2F6O4/c19-11-3-1-7(5-9(11)17(21,22)23)13(15(27)28)14(16(29)30)8-2-4-12(20)10(6-8)18(24,25)26/h1-6H,(H,27,28)(H,29,30)/b14-13+. The molecule has 2 aromatic rings. The average Bonchev–Trinajstić information content (AvgIpc) is 2.58. The van der Waals surface area contributed by atoms with E-state index in [2.05, 4.69) is 0 Å². The molecule has 0 saturated carbocycles. The van der Waals surface area contributed by atoms with Crippen LogP contribution < -0.4 is 0 Å². The van der Waals surface area contributed by atoms with Crippen molar-refractivity contribution in [3.8, 4) is 0 Å². The van der Waals surface area contributed by atoms with Crippen molar-refractivity contribution in [2.24, 2.45) is 0 Å². The summed E-state index contributed by atoms with van der Waals surface area (Å²) in [7, 11) is 0. The Kier molecular flexibility index (Phi) is 6.43. The summed E-state index contributed by atoms with van der Waals surface area (Å²) in [6.07, 6.45) is -9.99. The number of carboxylic acid groups (broad SMARTS) is 2. The fraction of sp³-hybridized carbons (Fsp3) is 0.111. The lowest BCUT2D eigenvalue weighted by atomic mass is 9.92. The lowest BCUT2D eigenvalue weighted by Crippen LogP contribution is -2.13. The molecule has 0 fully saturated rings. The zero-order chi connectivity index (χ0) is 23.0. The second kappa shape index (κ2) is 8.19. The number of alkyl halides is 6. The maximum absolute atomic E-state index is 13.1. The van der Waals surface area contributed by atoms with Crippen molar-refractivity contribution in [1.82, 2.24) is 0 Å². The summed E-state index contributed by atoms with van der Waals surface area (Å²) in [6.45, 7) is 0. The van der Waals surface area contributed by atoms with E-state index in [9.17, 15) is 46.1 Å². The van der Waals surface area contributed by atoms with Gasteiger partial charge in [-0.05, 0) is 35.4 Å². The number of aliphatic carboxylic acids is 2.